The number of aryl methyl sites for hydroxylation is 1. The van der Waals surface area contributed by atoms with Crippen molar-refractivity contribution in [2.45, 2.75) is 44.2 Å². The van der Waals surface area contributed by atoms with Crippen molar-refractivity contribution < 1.29 is 27.8 Å². The maximum absolute atomic E-state index is 15.4. The summed E-state index contributed by atoms with van der Waals surface area (Å²) in [7, 11) is 4.11. The Hall–Kier alpha value is -3.90. The second-order valence-corrected chi connectivity index (χ2v) is 11.1. The summed E-state index contributed by atoms with van der Waals surface area (Å²) in [5.41, 5.74) is 0.826. The van der Waals surface area contributed by atoms with Gasteiger partial charge in [-0.3, -0.25) is 14.2 Å². The molecule has 2 aromatic heterocycles. The van der Waals surface area contributed by atoms with Crippen LogP contribution < -0.4 is 19.9 Å². The smallest absolute Gasteiger partial charge is 0.327 e. The third kappa shape index (κ3) is 6.00. The predicted octanol–water partition coefficient (Wildman–Crippen LogP) is 4.83. The van der Waals surface area contributed by atoms with E-state index in [1.807, 2.05) is 35.2 Å². The van der Waals surface area contributed by atoms with Crippen molar-refractivity contribution >= 4 is 32.6 Å². The lowest BCUT2D eigenvalue weighted by Crippen LogP contribution is -2.36. The molecule has 12 heteroatoms. The molecule has 2 aromatic carbocycles. The molecule has 1 saturated heterocycles. The number of rotatable bonds is 12. The van der Waals surface area contributed by atoms with Gasteiger partial charge in [0.1, 0.15) is 18.1 Å². The average molecular weight is 599 g/mol. The minimum Gasteiger partial charge on any atom is -0.497 e. The van der Waals surface area contributed by atoms with E-state index >= 15 is 8.78 Å². The standard InChI is InChI=1S/C30H32F2N4O5S/c1-39-18-30(31,32)28-34-26-25(27(38)36(28)17-20-12-13-21(40-2)16-24(20)41-3)33-29(42-26)35-15-7-10-22(35)23(37)14-11-19-8-5-4-6-9-19/h4-6,8-9,12-13,16,22H,7,10-11,14-15,17-18H2,1-3H3/t22-/m1/s1. The SMILES string of the molecule is COCC(F)(F)c1nc2sc(N3CCC[C@@H]3C(=O)CCc3ccccc3)nc2c(=O)n1Cc1ccc(OC)cc1OC. The Bertz CT molecular complexity index is 1630. The molecular formula is C30H32F2N4O5S. The third-order valence-corrected chi connectivity index (χ3v) is 8.34. The second-order valence-electron chi connectivity index (χ2n) is 10.1. The second kappa shape index (κ2) is 12.5. The van der Waals surface area contributed by atoms with E-state index in [1.54, 1.807) is 18.2 Å². The molecule has 0 spiro atoms. The zero-order chi connectivity index (χ0) is 29.9. The Morgan fingerprint density at radius 3 is 2.60 bits per heavy atom. The van der Waals surface area contributed by atoms with Gasteiger partial charge in [0, 0.05) is 31.7 Å². The predicted molar refractivity (Wildman–Crippen MR) is 156 cm³/mol. The summed E-state index contributed by atoms with van der Waals surface area (Å²) in [4.78, 5) is 37.8. The molecule has 9 nitrogen and oxygen atoms in total. The number of aromatic nitrogens is 3. The highest BCUT2D eigenvalue weighted by Gasteiger charge is 2.39. The highest BCUT2D eigenvalue weighted by Crippen LogP contribution is 2.35. The average Bonchev–Trinajstić information content (AvgIpc) is 3.65. The van der Waals surface area contributed by atoms with Crippen LogP contribution in [0.25, 0.3) is 10.3 Å². The molecule has 0 bridgehead atoms. The van der Waals surface area contributed by atoms with Crippen molar-refractivity contribution in [3.05, 3.63) is 75.8 Å². The Labute approximate surface area is 245 Å². The molecule has 1 fully saturated rings. The summed E-state index contributed by atoms with van der Waals surface area (Å²) in [6.45, 7) is -0.618. The zero-order valence-corrected chi connectivity index (χ0v) is 24.5. The number of alkyl halides is 2. The monoisotopic (exact) mass is 598 g/mol. The van der Waals surface area contributed by atoms with Gasteiger partial charge in [-0.05, 0) is 37.0 Å². The lowest BCUT2D eigenvalue weighted by molar-refractivity contribution is -0.120. The number of benzene rings is 2. The van der Waals surface area contributed by atoms with Crippen molar-refractivity contribution in [3.8, 4) is 11.5 Å². The van der Waals surface area contributed by atoms with Gasteiger partial charge in [-0.15, -0.1) is 0 Å². The number of carbonyl (C=O) groups excluding carboxylic acids is 1. The molecule has 0 aliphatic carbocycles. The molecule has 1 atom stereocenters. The number of fused-ring (bicyclic) bond motifs is 1. The molecule has 0 unspecified atom stereocenters. The summed E-state index contributed by atoms with van der Waals surface area (Å²) in [6.07, 6.45) is 2.44. The number of thiazole rings is 1. The van der Waals surface area contributed by atoms with Crippen molar-refractivity contribution in [3.63, 3.8) is 0 Å². The molecule has 222 valence electrons. The Kier molecular flexibility index (Phi) is 8.83. The van der Waals surface area contributed by atoms with E-state index < -0.39 is 30.0 Å². The molecule has 1 aliphatic heterocycles. The Morgan fingerprint density at radius 1 is 1.10 bits per heavy atom. The lowest BCUT2D eigenvalue weighted by Gasteiger charge is -2.22. The van der Waals surface area contributed by atoms with Gasteiger partial charge in [0.2, 0.25) is 0 Å². The number of hydrogen-bond acceptors (Lipinski definition) is 9. The highest BCUT2D eigenvalue weighted by molar-refractivity contribution is 7.21. The first-order chi connectivity index (χ1) is 20.2. The van der Waals surface area contributed by atoms with Crippen molar-refractivity contribution in [2.75, 3.05) is 39.4 Å². The van der Waals surface area contributed by atoms with Crippen molar-refractivity contribution in [2.24, 2.45) is 0 Å². The molecule has 42 heavy (non-hydrogen) atoms. The van der Waals surface area contributed by atoms with Crippen LogP contribution in [0.15, 0.2) is 53.3 Å². The quantitative estimate of drug-likeness (QED) is 0.229. The molecular weight excluding hydrogens is 566 g/mol. The molecule has 0 radical (unpaired) electrons. The number of methoxy groups -OCH3 is 3. The Morgan fingerprint density at radius 2 is 1.88 bits per heavy atom. The van der Waals surface area contributed by atoms with Crippen LogP contribution in [0.3, 0.4) is 0 Å². The first-order valence-corrected chi connectivity index (χ1v) is 14.4. The van der Waals surface area contributed by atoms with Gasteiger partial charge in [-0.2, -0.15) is 8.78 Å². The number of hydrogen-bond donors (Lipinski definition) is 0. The fraction of sp³-hybridized carbons (Fsp3) is 0.400. The largest absolute Gasteiger partial charge is 0.497 e. The molecule has 0 N–H and O–H groups in total. The molecule has 1 aliphatic rings. The minimum absolute atomic E-state index is 0.0261. The summed E-state index contributed by atoms with van der Waals surface area (Å²) in [5, 5.41) is 0.422. The number of ketones is 1. The van der Waals surface area contributed by atoms with Crippen LogP contribution in [0, 0.1) is 0 Å². The van der Waals surface area contributed by atoms with E-state index in [2.05, 4.69) is 9.97 Å². The first-order valence-electron chi connectivity index (χ1n) is 13.6. The maximum atomic E-state index is 15.4. The Balaban J connectivity index is 1.51. The number of halogens is 2. The van der Waals surface area contributed by atoms with Gasteiger partial charge in [0.05, 0.1) is 26.8 Å². The van der Waals surface area contributed by atoms with E-state index in [-0.39, 0.29) is 22.7 Å². The van der Waals surface area contributed by atoms with Gasteiger partial charge >= 0.3 is 5.92 Å². The van der Waals surface area contributed by atoms with Gasteiger partial charge in [-0.25, -0.2) is 9.97 Å². The normalized spacial score (nSPS) is 15.4. The van der Waals surface area contributed by atoms with E-state index in [0.717, 1.165) is 35.0 Å². The van der Waals surface area contributed by atoms with Crippen LogP contribution >= 0.6 is 11.3 Å². The molecule has 3 heterocycles. The maximum Gasteiger partial charge on any atom is 0.327 e. The van der Waals surface area contributed by atoms with E-state index in [9.17, 15) is 9.59 Å². The van der Waals surface area contributed by atoms with Crippen LogP contribution in [-0.4, -0.2) is 60.8 Å². The summed E-state index contributed by atoms with van der Waals surface area (Å²) in [5.74, 6) is -3.32. The minimum atomic E-state index is -3.56. The van der Waals surface area contributed by atoms with Crippen LogP contribution in [0.2, 0.25) is 0 Å². The summed E-state index contributed by atoms with van der Waals surface area (Å²) in [6, 6.07) is 14.3. The lowest BCUT2D eigenvalue weighted by atomic mass is 10.0. The zero-order valence-electron chi connectivity index (χ0n) is 23.6. The summed E-state index contributed by atoms with van der Waals surface area (Å²) < 4.78 is 47.1. The van der Waals surface area contributed by atoms with Gasteiger partial charge in [0.15, 0.2) is 27.1 Å². The van der Waals surface area contributed by atoms with Gasteiger partial charge in [-0.1, -0.05) is 41.7 Å². The van der Waals surface area contributed by atoms with Crippen LogP contribution in [-0.2, 0) is 28.4 Å². The van der Waals surface area contributed by atoms with E-state index in [1.165, 1.54) is 14.2 Å². The van der Waals surface area contributed by atoms with E-state index in [4.69, 9.17) is 14.2 Å². The molecule has 0 saturated carbocycles. The topological polar surface area (TPSA) is 95.8 Å². The third-order valence-electron chi connectivity index (χ3n) is 7.36. The van der Waals surface area contributed by atoms with Crippen LogP contribution in [0.5, 0.6) is 11.5 Å². The first kappa shape index (κ1) is 29.6. The number of anilines is 1. The van der Waals surface area contributed by atoms with Crippen molar-refractivity contribution in [1.29, 1.82) is 0 Å². The summed E-state index contributed by atoms with van der Waals surface area (Å²) >= 11 is 1.04. The van der Waals surface area contributed by atoms with Crippen molar-refractivity contribution in [1.82, 2.24) is 14.5 Å². The molecule has 5 rings (SSSR count). The molecule has 4 aromatic rings. The van der Waals surface area contributed by atoms with E-state index in [0.29, 0.717) is 48.0 Å². The molecule has 0 amide bonds. The number of Topliss-reactive ketones (excluding diaryl/α,β-unsaturated/α-hetero) is 1. The number of nitrogens with zero attached hydrogens (tertiary/aromatic N) is 4. The fourth-order valence-electron chi connectivity index (χ4n) is 5.25. The van der Waals surface area contributed by atoms with Gasteiger partial charge < -0.3 is 19.1 Å². The van der Waals surface area contributed by atoms with Crippen LogP contribution in [0.4, 0.5) is 13.9 Å². The van der Waals surface area contributed by atoms with Gasteiger partial charge in [0.25, 0.3) is 5.56 Å². The number of ether oxygens (including phenoxy) is 3. The highest BCUT2D eigenvalue weighted by atomic mass is 32.1. The van der Waals surface area contributed by atoms with Crippen LogP contribution in [0.1, 0.15) is 36.2 Å². The fourth-order valence-corrected chi connectivity index (χ4v) is 6.26. The number of carbonyl (C=O) groups is 1.